The minimum absolute atomic E-state index is 0.00362. The minimum Gasteiger partial charge on any atom is -0.346 e. The summed E-state index contributed by atoms with van der Waals surface area (Å²) < 4.78 is 2.07. The van der Waals surface area contributed by atoms with Gasteiger partial charge in [0.25, 0.3) is 5.56 Å². The number of rotatable bonds is 5. The number of hydrogen-bond acceptors (Lipinski definition) is 5. The molecule has 8 nitrogen and oxygen atoms in total. The molecule has 2 heterocycles. The Morgan fingerprint density at radius 2 is 2.12 bits per heavy atom. The predicted octanol–water partition coefficient (Wildman–Crippen LogP) is 1.51. The summed E-state index contributed by atoms with van der Waals surface area (Å²) in [5.41, 5.74) is 0.715. The molecule has 8 heteroatoms. The summed E-state index contributed by atoms with van der Waals surface area (Å²) in [5, 5.41) is 11.1. The molecule has 1 aliphatic carbocycles. The van der Waals surface area contributed by atoms with Crippen LogP contribution in [0.25, 0.3) is 0 Å². The van der Waals surface area contributed by atoms with E-state index < -0.39 is 0 Å². The number of amides is 1. The molecule has 2 aromatic heterocycles. The van der Waals surface area contributed by atoms with Crippen LogP contribution in [-0.4, -0.2) is 30.6 Å². The topological polar surface area (TPSA) is 106 Å². The zero-order valence-corrected chi connectivity index (χ0v) is 14.9. The van der Waals surface area contributed by atoms with Gasteiger partial charge in [0, 0.05) is 17.3 Å². The molecule has 2 aromatic rings. The van der Waals surface area contributed by atoms with Crippen molar-refractivity contribution in [3.05, 3.63) is 39.6 Å². The zero-order valence-electron chi connectivity index (χ0n) is 14.9. The van der Waals surface area contributed by atoms with Crippen molar-refractivity contribution >= 4 is 5.91 Å². The minimum atomic E-state index is -0.270. The van der Waals surface area contributed by atoms with Gasteiger partial charge in [0.2, 0.25) is 5.91 Å². The Morgan fingerprint density at radius 3 is 2.80 bits per heavy atom. The van der Waals surface area contributed by atoms with Crippen LogP contribution in [0.5, 0.6) is 0 Å². The predicted molar refractivity (Wildman–Crippen MR) is 92.1 cm³/mol. The second kappa shape index (κ2) is 7.16. The quantitative estimate of drug-likeness (QED) is 0.855. The van der Waals surface area contributed by atoms with E-state index in [4.69, 9.17) is 0 Å². The van der Waals surface area contributed by atoms with Gasteiger partial charge < -0.3 is 14.9 Å². The molecule has 25 heavy (non-hydrogen) atoms. The summed E-state index contributed by atoms with van der Waals surface area (Å²) in [5.74, 6) is 1.07. The van der Waals surface area contributed by atoms with Crippen LogP contribution in [0.2, 0.25) is 0 Å². The van der Waals surface area contributed by atoms with Crippen LogP contribution in [0.3, 0.4) is 0 Å². The van der Waals surface area contributed by atoms with Crippen LogP contribution in [0.1, 0.15) is 67.6 Å². The maximum atomic E-state index is 12.4. The molecule has 1 unspecified atom stereocenters. The number of aryl methyl sites for hydroxylation is 2. The first-order valence-electron chi connectivity index (χ1n) is 8.71. The summed E-state index contributed by atoms with van der Waals surface area (Å²) in [6, 6.07) is 0.143. The third-order valence-corrected chi connectivity index (χ3v) is 4.76. The number of carbonyl (C=O) groups is 1. The lowest BCUT2D eigenvalue weighted by molar-refractivity contribution is -0.121. The number of nitrogens with one attached hydrogen (secondary N) is 2. The highest BCUT2D eigenvalue weighted by atomic mass is 16.2. The second-order valence-corrected chi connectivity index (χ2v) is 6.72. The van der Waals surface area contributed by atoms with E-state index in [0.717, 1.165) is 18.7 Å². The molecule has 0 radical (unpaired) electrons. The van der Waals surface area contributed by atoms with Crippen molar-refractivity contribution in [2.75, 3.05) is 0 Å². The first-order chi connectivity index (χ1) is 12.0. The van der Waals surface area contributed by atoms with Crippen LogP contribution in [0.4, 0.5) is 0 Å². The molecule has 0 aliphatic heterocycles. The van der Waals surface area contributed by atoms with Gasteiger partial charge >= 0.3 is 0 Å². The first kappa shape index (κ1) is 17.3. The zero-order chi connectivity index (χ0) is 18.0. The molecule has 1 fully saturated rings. The van der Waals surface area contributed by atoms with Crippen LogP contribution >= 0.6 is 0 Å². The Labute approximate surface area is 146 Å². The van der Waals surface area contributed by atoms with E-state index in [2.05, 4.69) is 30.0 Å². The Bertz CT molecular complexity index is 819. The van der Waals surface area contributed by atoms with Crippen LogP contribution in [0.15, 0.2) is 11.1 Å². The van der Waals surface area contributed by atoms with Crippen molar-refractivity contribution in [2.45, 2.75) is 65.0 Å². The summed E-state index contributed by atoms with van der Waals surface area (Å²) in [6.07, 6.45) is 6.41. The fraction of sp³-hybridized carbons (Fsp3) is 0.588. The number of aromatic amines is 1. The lowest BCUT2D eigenvalue weighted by atomic mass is 10.1. The summed E-state index contributed by atoms with van der Waals surface area (Å²) in [4.78, 5) is 31.3. The van der Waals surface area contributed by atoms with Crippen molar-refractivity contribution in [2.24, 2.45) is 0 Å². The van der Waals surface area contributed by atoms with Gasteiger partial charge in [-0.2, -0.15) is 0 Å². The average Bonchev–Trinajstić information content (AvgIpc) is 3.20. The van der Waals surface area contributed by atoms with Crippen molar-refractivity contribution in [3.63, 3.8) is 0 Å². The fourth-order valence-electron chi connectivity index (χ4n) is 3.50. The molecule has 1 aliphatic rings. The van der Waals surface area contributed by atoms with Gasteiger partial charge in [0.05, 0.1) is 12.5 Å². The van der Waals surface area contributed by atoms with Crippen molar-refractivity contribution < 1.29 is 4.79 Å². The third kappa shape index (κ3) is 3.78. The molecule has 0 aromatic carbocycles. The van der Waals surface area contributed by atoms with E-state index in [9.17, 15) is 9.59 Å². The monoisotopic (exact) mass is 344 g/mol. The summed E-state index contributed by atoms with van der Waals surface area (Å²) in [7, 11) is 0. The highest BCUT2D eigenvalue weighted by molar-refractivity contribution is 5.79. The molecular formula is C17H24N6O2. The Kier molecular flexibility index (Phi) is 4.96. The molecular weight excluding hydrogens is 320 g/mol. The van der Waals surface area contributed by atoms with E-state index in [0.29, 0.717) is 23.1 Å². The molecule has 0 saturated heterocycles. The van der Waals surface area contributed by atoms with Crippen LogP contribution in [0, 0.1) is 13.8 Å². The molecule has 0 bridgehead atoms. The van der Waals surface area contributed by atoms with E-state index in [1.54, 1.807) is 20.2 Å². The normalized spacial score (nSPS) is 16.1. The first-order valence-corrected chi connectivity index (χ1v) is 8.71. The van der Waals surface area contributed by atoms with Gasteiger partial charge in [0.15, 0.2) is 5.82 Å². The number of nitrogens with zero attached hydrogens (tertiary/aromatic N) is 4. The van der Waals surface area contributed by atoms with Gasteiger partial charge in [-0.05, 0) is 33.6 Å². The van der Waals surface area contributed by atoms with Crippen molar-refractivity contribution in [3.8, 4) is 0 Å². The third-order valence-electron chi connectivity index (χ3n) is 4.76. The van der Waals surface area contributed by atoms with E-state index in [1.807, 2.05) is 6.92 Å². The average molecular weight is 344 g/mol. The van der Waals surface area contributed by atoms with E-state index in [1.165, 1.54) is 12.8 Å². The Hall–Kier alpha value is -2.51. The van der Waals surface area contributed by atoms with Gasteiger partial charge in [-0.1, -0.05) is 12.8 Å². The van der Waals surface area contributed by atoms with E-state index in [-0.39, 0.29) is 23.9 Å². The van der Waals surface area contributed by atoms with Crippen molar-refractivity contribution in [1.82, 2.24) is 30.0 Å². The SMILES string of the molecule is Cc1nc(C)c(CC(=O)NC(C)c2nncn2C2CCCC2)c(=O)[nH]1. The van der Waals surface area contributed by atoms with Gasteiger partial charge in [0.1, 0.15) is 12.2 Å². The Balaban J connectivity index is 1.70. The standard InChI is InChI=1S/C17H24N6O2/c1-10-14(17(25)21-12(3)19-10)8-15(24)20-11(2)16-22-18-9-23(16)13-6-4-5-7-13/h9,11,13H,4-8H2,1-3H3,(H,20,24)(H,19,21,25). The van der Waals surface area contributed by atoms with Crippen LogP contribution in [-0.2, 0) is 11.2 Å². The second-order valence-electron chi connectivity index (χ2n) is 6.72. The molecule has 0 spiro atoms. The van der Waals surface area contributed by atoms with Crippen LogP contribution < -0.4 is 10.9 Å². The highest BCUT2D eigenvalue weighted by Gasteiger charge is 2.23. The van der Waals surface area contributed by atoms with Gasteiger partial charge in [-0.25, -0.2) is 4.98 Å². The van der Waals surface area contributed by atoms with Crippen molar-refractivity contribution in [1.29, 1.82) is 0 Å². The van der Waals surface area contributed by atoms with E-state index >= 15 is 0 Å². The number of aromatic nitrogens is 5. The molecule has 134 valence electrons. The number of hydrogen-bond donors (Lipinski definition) is 2. The summed E-state index contributed by atoms with van der Waals surface area (Å²) >= 11 is 0. The number of H-pyrrole nitrogens is 1. The Morgan fingerprint density at radius 1 is 1.40 bits per heavy atom. The lowest BCUT2D eigenvalue weighted by Crippen LogP contribution is -2.32. The fourth-order valence-corrected chi connectivity index (χ4v) is 3.50. The number of carbonyl (C=O) groups excluding carboxylic acids is 1. The molecule has 1 amide bonds. The van der Waals surface area contributed by atoms with Gasteiger partial charge in [-0.3, -0.25) is 9.59 Å². The molecule has 1 atom stereocenters. The maximum absolute atomic E-state index is 12.4. The maximum Gasteiger partial charge on any atom is 0.254 e. The molecule has 2 N–H and O–H groups in total. The largest absolute Gasteiger partial charge is 0.346 e. The van der Waals surface area contributed by atoms with Gasteiger partial charge in [-0.15, -0.1) is 10.2 Å². The molecule has 1 saturated carbocycles. The smallest absolute Gasteiger partial charge is 0.254 e. The lowest BCUT2D eigenvalue weighted by Gasteiger charge is -2.18. The highest BCUT2D eigenvalue weighted by Crippen LogP contribution is 2.31. The molecule has 3 rings (SSSR count). The summed E-state index contributed by atoms with van der Waals surface area (Å²) in [6.45, 7) is 5.35.